The number of rotatable bonds is 10. The number of phosphoric acid groups is 1. The van der Waals surface area contributed by atoms with Gasteiger partial charge in [0.05, 0.1) is 19.6 Å². The highest BCUT2D eigenvalue weighted by atomic mass is 31.2. The number of aliphatic carboxylic acids is 1. The van der Waals surface area contributed by atoms with Crippen molar-refractivity contribution in [2.24, 2.45) is 11.8 Å². The number of carbonyl (C=O) groups is 1. The lowest BCUT2D eigenvalue weighted by molar-refractivity contribution is -0.136. The number of hydrogen-bond acceptors (Lipinski definition) is 5. The van der Waals surface area contributed by atoms with Gasteiger partial charge in [0, 0.05) is 0 Å². The Bertz CT molecular complexity index is 522. The molecule has 0 bridgehead atoms. The minimum absolute atomic E-state index is 0.0777. The third-order valence-electron chi connectivity index (χ3n) is 2.63. The van der Waals surface area contributed by atoms with Gasteiger partial charge in [-0.15, -0.1) is 0 Å². The first-order valence-corrected chi connectivity index (χ1v) is 9.05. The maximum Gasteiger partial charge on any atom is 0.530 e. The van der Waals surface area contributed by atoms with Gasteiger partial charge in [0.25, 0.3) is 0 Å². The van der Waals surface area contributed by atoms with Crippen LogP contribution in [0.25, 0.3) is 0 Å². The molecule has 0 aliphatic carbocycles. The van der Waals surface area contributed by atoms with Crippen molar-refractivity contribution >= 4 is 13.8 Å². The van der Waals surface area contributed by atoms with E-state index in [2.05, 4.69) is 0 Å². The maximum atomic E-state index is 12.7. The molecule has 130 valence electrons. The summed E-state index contributed by atoms with van der Waals surface area (Å²) in [7, 11) is -3.71. The molecule has 0 spiro atoms. The summed E-state index contributed by atoms with van der Waals surface area (Å²) in [5.74, 6) is -0.222. The second kappa shape index (κ2) is 9.06. The molecule has 1 aromatic carbocycles. The van der Waals surface area contributed by atoms with E-state index < -0.39 is 13.8 Å². The first kappa shape index (κ1) is 19.7. The number of benzene rings is 1. The van der Waals surface area contributed by atoms with Crippen molar-refractivity contribution in [1.29, 1.82) is 0 Å². The average molecular weight is 344 g/mol. The minimum atomic E-state index is -3.71. The van der Waals surface area contributed by atoms with Crippen LogP contribution >= 0.6 is 7.82 Å². The van der Waals surface area contributed by atoms with Crippen molar-refractivity contribution in [3.63, 3.8) is 0 Å². The lowest BCUT2D eigenvalue weighted by atomic mass is 10.1. The van der Waals surface area contributed by atoms with E-state index in [-0.39, 0.29) is 31.5 Å². The first-order valence-electron chi connectivity index (χ1n) is 7.59. The Hall–Kier alpha value is -1.36. The molecule has 6 nitrogen and oxygen atoms in total. The highest BCUT2D eigenvalue weighted by Crippen LogP contribution is 2.50. The number of carboxylic acid groups (broad SMARTS) is 1. The molecule has 0 aromatic heterocycles. The largest absolute Gasteiger partial charge is 0.530 e. The molecule has 1 N–H and O–H groups in total. The molecule has 0 fully saturated rings. The first-order chi connectivity index (χ1) is 10.7. The Morgan fingerprint density at radius 2 is 1.52 bits per heavy atom. The molecule has 0 unspecified atom stereocenters. The van der Waals surface area contributed by atoms with Gasteiger partial charge in [0.15, 0.2) is 0 Å². The van der Waals surface area contributed by atoms with Crippen LogP contribution in [0.4, 0.5) is 0 Å². The van der Waals surface area contributed by atoms with E-state index in [1.165, 1.54) is 0 Å². The fourth-order valence-corrected chi connectivity index (χ4v) is 3.06. The van der Waals surface area contributed by atoms with Crippen LogP contribution in [0.15, 0.2) is 24.3 Å². The molecule has 7 heteroatoms. The fourth-order valence-electron chi connectivity index (χ4n) is 1.54. The summed E-state index contributed by atoms with van der Waals surface area (Å²) in [6.07, 6.45) is -0.0777. The maximum absolute atomic E-state index is 12.7. The summed E-state index contributed by atoms with van der Waals surface area (Å²) < 4.78 is 28.8. The summed E-state index contributed by atoms with van der Waals surface area (Å²) in [6.45, 7) is 8.26. The third-order valence-corrected chi connectivity index (χ3v) is 3.99. The van der Waals surface area contributed by atoms with Gasteiger partial charge in [-0.05, 0) is 29.5 Å². The molecular weight excluding hydrogens is 319 g/mol. The van der Waals surface area contributed by atoms with Gasteiger partial charge in [-0.3, -0.25) is 13.8 Å². The van der Waals surface area contributed by atoms with Crippen LogP contribution in [0.5, 0.6) is 5.75 Å². The molecule has 1 aromatic rings. The fraction of sp³-hybridized carbons (Fsp3) is 0.562. The Morgan fingerprint density at radius 3 is 1.91 bits per heavy atom. The summed E-state index contributed by atoms with van der Waals surface area (Å²) in [6, 6.07) is 6.34. The van der Waals surface area contributed by atoms with E-state index >= 15 is 0 Å². The van der Waals surface area contributed by atoms with Crippen molar-refractivity contribution in [2.45, 2.75) is 34.1 Å². The molecule has 0 saturated heterocycles. The molecule has 1 rings (SSSR count). The van der Waals surface area contributed by atoms with Crippen LogP contribution in [0.1, 0.15) is 33.3 Å². The average Bonchev–Trinajstić information content (AvgIpc) is 2.45. The van der Waals surface area contributed by atoms with E-state index in [9.17, 15) is 9.36 Å². The summed E-state index contributed by atoms with van der Waals surface area (Å²) in [4.78, 5) is 10.7. The van der Waals surface area contributed by atoms with Crippen LogP contribution in [0.3, 0.4) is 0 Å². The summed E-state index contributed by atoms with van der Waals surface area (Å²) in [5, 5.41) is 8.75. The van der Waals surface area contributed by atoms with Crippen LogP contribution in [0, 0.1) is 11.8 Å². The van der Waals surface area contributed by atoms with E-state index in [0.29, 0.717) is 11.3 Å². The molecule has 0 radical (unpaired) electrons. The highest BCUT2D eigenvalue weighted by Gasteiger charge is 2.29. The Kier molecular flexibility index (Phi) is 7.76. The molecule has 0 aliphatic rings. The van der Waals surface area contributed by atoms with Gasteiger partial charge < -0.3 is 9.63 Å². The molecule has 0 amide bonds. The van der Waals surface area contributed by atoms with E-state index in [4.69, 9.17) is 18.7 Å². The van der Waals surface area contributed by atoms with Gasteiger partial charge in [-0.1, -0.05) is 39.8 Å². The zero-order valence-corrected chi connectivity index (χ0v) is 14.9. The quantitative estimate of drug-likeness (QED) is 0.642. The number of hydrogen-bond donors (Lipinski definition) is 1. The van der Waals surface area contributed by atoms with Crippen molar-refractivity contribution in [2.75, 3.05) is 13.2 Å². The highest BCUT2D eigenvalue weighted by molar-refractivity contribution is 7.48. The molecule has 0 saturated carbocycles. The Labute approximate surface area is 137 Å². The lowest BCUT2D eigenvalue weighted by Crippen LogP contribution is -2.10. The third kappa shape index (κ3) is 8.16. The monoisotopic (exact) mass is 344 g/mol. The van der Waals surface area contributed by atoms with E-state index in [1.54, 1.807) is 24.3 Å². The van der Waals surface area contributed by atoms with Gasteiger partial charge in [-0.2, -0.15) is 0 Å². The smallest absolute Gasteiger partial charge is 0.481 e. The second-order valence-corrected chi connectivity index (χ2v) is 7.73. The van der Waals surface area contributed by atoms with E-state index in [1.807, 2.05) is 27.7 Å². The topological polar surface area (TPSA) is 82.1 Å². The predicted molar refractivity (Wildman–Crippen MR) is 87.6 cm³/mol. The van der Waals surface area contributed by atoms with Crippen molar-refractivity contribution in [3.05, 3.63) is 29.8 Å². The zero-order chi connectivity index (χ0) is 17.5. The molecular formula is C16H25O6P. The minimum Gasteiger partial charge on any atom is -0.481 e. The predicted octanol–water partition coefficient (Wildman–Crippen LogP) is 4.15. The van der Waals surface area contributed by atoms with Crippen molar-refractivity contribution < 1.29 is 28.0 Å². The second-order valence-electron chi connectivity index (χ2n) is 6.13. The van der Waals surface area contributed by atoms with Gasteiger partial charge >= 0.3 is 13.8 Å². The van der Waals surface area contributed by atoms with Gasteiger partial charge in [0.2, 0.25) is 0 Å². The van der Waals surface area contributed by atoms with Crippen molar-refractivity contribution in [3.8, 4) is 5.75 Å². The number of phosphoric ester groups is 1. The normalized spacial score (nSPS) is 11.9. The lowest BCUT2D eigenvalue weighted by Gasteiger charge is -2.20. The zero-order valence-electron chi connectivity index (χ0n) is 14.0. The standard InChI is InChI=1S/C16H25O6P/c1-12(2)10-20-23(19,21-11-13(3)4)22-15-7-5-14(6-8-15)9-16(17)18/h5-8,12-13H,9-11H2,1-4H3,(H,17,18). The summed E-state index contributed by atoms with van der Waals surface area (Å²) >= 11 is 0. The van der Waals surface area contributed by atoms with Crippen LogP contribution in [-0.2, 0) is 24.8 Å². The molecule has 23 heavy (non-hydrogen) atoms. The summed E-state index contributed by atoms with van der Waals surface area (Å²) in [5.41, 5.74) is 0.630. The van der Waals surface area contributed by atoms with Crippen molar-refractivity contribution in [1.82, 2.24) is 0 Å². The van der Waals surface area contributed by atoms with E-state index in [0.717, 1.165) is 0 Å². The van der Waals surface area contributed by atoms with Crippen LogP contribution < -0.4 is 4.52 Å². The van der Waals surface area contributed by atoms with Crippen LogP contribution in [0.2, 0.25) is 0 Å². The SMILES string of the molecule is CC(C)COP(=O)(OCC(C)C)Oc1ccc(CC(=O)O)cc1. The van der Waals surface area contributed by atoms with Gasteiger partial charge in [0.1, 0.15) is 5.75 Å². The molecule has 0 heterocycles. The molecule has 0 aliphatic heterocycles. The Morgan fingerprint density at radius 1 is 1.04 bits per heavy atom. The Balaban J connectivity index is 2.78. The molecule has 0 atom stereocenters. The number of carboxylic acids is 1. The van der Waals surface area contributed by atoms with Crippen LogP contribution in [-0.4, -0.2) is 24.3 Å². The van der Waals surface area contributed by atoms with Gasteiger partial charge in [-0.25, -0.2) is 4.57 Å².